The second-order valence-corrected chi connectivity index (χ2v) is 13.0. The second kappa shape index (κ2) is 13.7. The van der Waals surface area contributed by atoms with Crippen molar-refractivity contribution in [3.05, 3.63) is 0 Å². The molecular formula is C29H56N2O7. The van der Waals surface area contributed by atoms with Crippen LogP contribution in [0.25, 0.3) is 0 Å². The summed E-state index contributed by atoms with van der Waals surface area (Å²) >= 11 is 0. The fraction of sp³-hybridized carbons (Fsp3) is 0.966. The van der Waals surface area contributed by atoms with Crippen molar-refractivity contribution in [3.8, 4) is 0 Å². The van der Waals surface area contributed by atoms with E-state index in [1.54, 1.807) is 6.92 Å². The Hall–Kier alpha value is -0.810. The van der Waals surface area contributed by atoms with Gasteiger partial charge in [-0.05, 0) is 72.5 Å². The van der Waals surface area contributed by atoms with Gasteiger partial charge in [0.15, 0.2) is 6.29 Å². The minimum Gasteiger partial charge on any atom is -0.463 e. The molecule has 0 aliphatic carbocycles. The molecule has 0 bridgehead atoms. The van der Waals surface area contributed by atoms with E-state index >= 15 is 0 Å². The van der Waals surface area contributed by atoms with Gasteiger partial charge in [-0.15, -0.1) is 0 Å². The van der Waals surface area contributed by atoms with E-state index < -0.39 is 42.1 Å². The van der Waals surface area contributed by atoms with Gasteiger partial charge in [-0.2, -0.15) is 0 Å². The Morgan fingerprint density at radius 3 is 2.21 bits per heavy atom. The molecule has 9 nitrogen and oxygen atoms in total. The standard InChI is InChI=1S/C29H56N2O7/c1-16-13-29(8,35)26(38-28-21(6)23(30(9)10)12-17(2)37-28)19(4)18(3)20(5)27(34)36-15-24(32)25(33)22(7)31(11)14-16/h16-26,28,32-33,35H,12-15H2,1-11H3. The van der Waals surface area contributed by atoms with Crippen LogP contribution < -0.4 is 0 Å². The SMILES string of the molecule is CC1CN(C)C(C)C(O)C(O)COC(=O)C(C)C(C)C(C)C(OC2OC(C)CC(N(C)C)C2C)C(C)(O)C1. The van der Waals surface area contributed by atoms with Crippen molar-refractivity contribution in [2.75, 3.05) is 34.3 Å². The van der Waals surface area contributed by atoms with Crippen LogP contribution >= 0.6 is 0 Å². The maximum atomic E-state index is 13.0. The third kappa shape index (κ3) is 8.12. The Balaban J connectivity index is 2.43. The first-order chi connectivity index (χ1) is 17.5. The lowest BCUT2D eigenvalue weighted by Crippen LogP contribution is -2.56. The highest BCUT2D eigenvalue weighted by Crippen LogP contribution is 2.38. The maximum Gasteiger partial charge on any atom is 0.309 e. The molecule has 0 aromatic carbocycles. The van der Waals surface area contributed by atoms with E-state index in [4.69, 9.17) is 14.2 Å². The number of hydrogen-bond acceptors (Lipinski definition) is 9. The zero-order valence-corrected chi connectivity index (χ0v) is 25.6. The zero-order chi connectivity index (χ0) is 29.1. The molecule has 2 heterocycles. The van der Waals surface area contributed by atoms with Crippen LogP contribution in [-0.2, 0) is 19.0 Å². The molecule has 0 spiro atoms. The highest BCUT2D eigenvalue weighted by Gasteiger charge is 2.46. The summed E-state index contributed by atoms with van der Waals surface area (Å²) in [6, 6.07) is -0.0889. The Bertz CT molecular complexity index is 750. The van der Waals surface area contributed by atoms with E-state index in [0.29, 0.717) is 13.0 Å². The predicted molar refractivity (Wildman–Crippen MR) is 147 cm³/mol. The number of ether oxygens (including phenoxy) is 3. The molecule has 9 heteroatoms. The summed E-state index contributed by atoms with van der Waals surface area (Å²) in [6.07, 6.45) is -1.98. The molecule has 13 atom stereocenters. The number of hydrogen-bond donors (Lipinski definition) is 3. The minimum absolute atomic E-state index is 0.0179. The first kappa shape index (κ1) is 33.4. The Morgan fingerprint density at radius 2 is 1.63 bits per heavy atom. The van der Waals surface area contributed by atoms with Gasteiger partial charge in [0.25, 0.3) is 0 Å². The smallest absolute Gasteiger partial charge is 0.309 e. The van der Waals surface area contributed by atoms with Crippen LogP contribution in [0.4, 0.5) is 0 Å². The van der Waals surface area contributed by atoms with Crippen molar-refractivity contribution < 1.29 is 34.3 Å². The molecule has 0 radical (unpaired) electrons. The van der Waals surface area contributed by atoms with E-state index in [1.807, 2.05) is 39.6 Å². The number of nitrogens with zero attached hydrogens (tertiary/aromatic N) is 2. The van der Waals surface area contributed by atoms with E-state index in [2.05, 4.69) is 39.8 Å². The number of cyclic esters (lactones) is 1. The number of carbonyl (C=O) groups is 1. The summed E-state index contributed by atoms with van der Waals surface area (Å²) in [7, 11) is 6.03. The summed E-state index contributed by atoms with van der Waals surface area (Å²) in [6.45, 7) is 16.0. The number of aliphatic hydroxyl groups is 3. The molecule has 2 rings (SSSR count). The molecule has 2 aliphatic heterocycles. The van der Waals surface area contributed by atoms with Crippen molar-refractivity contribution in [2.45, 2.75) is 117 Å². The van der Waals surface area contributed by atoms with Crippen LogP contribution in [0.3, 0.4) is 0 Å². The molecule has 2 fully saturated rings. The van der Waals surface area contributed by atoms with Gasteiger partial charge in [0, 0.05) is 24.5 Å². The van der Waals surface area contributed by atoms with Gasteiger partial charge in [0.1, 0.15) is 12.7 Å². The monoisotopic (exact) mass is 544 g/mol. The molecule has 224 valence electrons. The molecule has 0 aromatic rings. The average Bonchev–Trinajstić information content (AvgIpc) is 2.83. The van der Waals surface area contributed by atoms with Crippen LogP contribution in [0, 0.1) is 29.6 Å². The summed E-state index contributed by atoms with van der Waals surface area (Å²) in [5.74, 6) is -1.19. The van der Waals surface area contributed by atoms with Gasteiger partial charge in [-0.3, -0.25) is 4.79 Å². The van der Waals surface area contributed by atoms with Crippen LogP contribution in [0.2, 0.25) is 0 Å². The third-order valence-corrected chi connectivity index (χ3v) is 9.34. The summed E-state index contributed by atoms with van der Waals surface area (Å²) in [4.78, 5) is 17.1. The molecule has 13 unspecified atom stereocenters. The third-order valence-electron chi connectivity index (χ3n) is 9.34. The first-order valence-electron chi connectivity index (χ1n) is 14.4. The molecule has 0 aromatic heterocycles. The second-order valence-electron chi connectivity index (χ2n) is 13.0. The average molecular weight is 545 g/mol. The van der Waals surface area contributed by atoms with Crippen LogP contribution in [-0.4, -0.2) is 114 Å². The molecule has 2 saturated heterocycles. The van der Waals surface area contributed by atoms with Crippen molar-refractivity contribution in [1.82, 2.24) is 9.80 Å². The quantitative estimate of drug-likeness (QED) is 0.461. The Kier molecular flexibility index (Phi) is 12.0. The number of carbonyl (C=O) groups excluding carboxylic acids is 1. The topological polar surface area (TPSA) is 112 Å². The predicted octanol–water partition coefficient (Wildman–Crippen LogP) is 2.36. The number of rotatable bonds is 3. The van der Waals surface area contributed by atoms with Crippen molar-refractivity contribution in [1.29, 1.82) is 0 Å². The first-order valence-corrected chi connectivity index (χ1v) is 14.4. The van der Waals surface area contributed by atoms with Gasteiger partial charge < -0.3 is 39.3 Å². The van der Waals surface area contributed by atoms with E-state index in [9.17, 15) is 20.1 Å². The lowest BCUT2D eigenvalue weighted by molar-refractivity contribution is -0.282. The van der Waals surface area contributed by atoms with Crippen LogP contribution in [0.1, 0.15) is 68.2 Å². The van der Waals surface area contributed by atoms with Crippen molar-refractivity contribution >= 4 is 5.97 Å². The maximum absolute atomic E-state index is 13.0. The minimum atomic E-state index is -1.21. The summed E-state index contributed by atoms with van der Waals surface area (Å²) in [5, 5.41) is 33.2. The number of aliphatic hydroxyl groups excluding tert-OH is 2. The molecule has 3 N–H and O–H groups in total. The zero-order valence-electron chi connectivity index (χ0n) is 25.6. The van der Waals surface area contributed by atoms with Gasteiger partial charge in [0.2, 0.25) is 0 Å². The van der Waals surface area contributed by atoms with Gasteiger partial charge in [-0.1, -0.05) is 34.6 Å². The number of esters is 1. The normalized spacial score (nSPS) is 47.3. The molecule has 38 heavy (non-hydrogen) atoms. The van der Waals surface area contributed by atoms with Gasteiger partial charge in [-0.25, -0.2) is 0 Å². The molecule has 0 saturated carbocycles. The van der Waals surface area contributed by atoms with Crippen molar-refractivity contribution in [2.24, 2.45) is 29.6 Å². The van der Waals surface area contributed by atoms with E-state index in [-0.39, 0.29) is 48.5 Å². The van der Waals surface area contributed by atoms with E-state index in [0.717, 1.165) is 6.42 Å². The number of likely N-dealkylation sites (N-methyl/N-ethyl adjacent to an activating group) is 1. The van der Waals surface area contributed by atoms with Crippen molar-refractivity contribution in [3.63, 3.8) is 0 Å². The Morgan fingerprint density at radius 1 is 1.03 bits per heavy atom. The van der Waals surface area contributed by atoms with E-state index in [1.165, 1.54) is 0 Å². The largest absolute Gasteiger partial charge is 0.463 e. The lowest BCUT2D eigenvalue weighted by Gasteiger charge is -2.47. The fourth-order valence-corrected chi connectivity index (χ4v) is 6.43. The molecule has 0 amide bonds. The molecular weight excluding hydrogens is 488 g/mol. The highest BCUT2D eigenvalue weighted by atomic mass is 16.7. The summed E-state index contributed by atoms with van der Waals surface area (Å²) in [5.41, 5.74) is -1.21. The molecule has 2 aliphatic rings. The van der Waals surface area contributed by atoms with Crippen LogP contribution in [0.5, 0.6) is 0 Å². The fourth-order valence-electron chi connectivity index (χ4n) is 6.43. The highest BCUT2D eigenvalue weighted by molar-refractivity contribution is 5.72. The lowest BCUT2D eigenvalue weighted by atomic mass is 9.74. The van der Waals surface area contributed by atoms with Gasteiger partial charge >= 0.3 is 5.97 Å². The summed E-state index contributed by atoms with van der Waals surface area (Å²) < 4.78 is 18.5. The van der Waals surface area contributed by atoms with Gasteiger partial charge in [0.05, 0.1) is 29.8 Å². The Labute approximate surface area is 230 Å². The van der Waals surface area contributed by atoms with Crippen LogP contribution in [0.15, 0.2) is 0 Å².